The zero-order valence-corrected chi connectivity index (χ0v) is 14.4. The van der Waals surface area contributed by atoms with Gasteiger partial charge in [-0.1, -0.05) is 6.07 Å². The molecule has 0 saturated heterocycles. The molecule has 2 aromatic rings. The third kappa shape index (κ3) is 3.56. The van der Waals surface area contributed by atoms with Crippen LogP contribution in [0.4, 0.5) is 0 Å². The molecule has 1 N–H and O–H groups in total. The van der Waals surface area contributed by atoms with Gasteiger partial charge in [0.15, 0.2) is 5.69 Å². The Kier molecular flexibility index (Phi) is 4.92. The topological polar surface area (TPSA) is 82.5 Å². The number of benzene rings is 1. The molecule has 0 radical (unpaired) electrons. The molecule has 0 unspecified atom stereocenters. The van der Waals surface area contributed by atoms with E-state index in [1.807, 2.05) is 25.1 Å². The molecule has 0 atom stereocenters. The van der Waals surface area contributed by atoms with E-state index in [1.165, 1.54) is 7.11 Å². The number of ether oxygens (including phenoxy) is 2. The first-order valence-electron chi connectivity index (χ1n) is 7.40. The summed E-state index contributed by atoms with van der Waals surface area (Å²) < 4.78 is 11.6. The Morgan fingerprint density at radius 1 is 1.21 bits per heavy atom. The number of carbonyl (C=O) groups is 2. The summed E-state index contributed by atoms with van der Waals surface area (Å²) in [5.41, 5.74) is 0.815. The van der Waals surface area contributed by atoms with E-state index in [2.05, 4.69) is 15.2 Å². The van der Waals surface area contributed by atoms with Crippen molar-refractivity contribution in [3.8, 4) is 11.4 Å². The van der Waals surface area contributed by atoms with Crippen molar-refractivity contribution in [2.45, 2.75) is 26.3 Å². The summed E-state index contributed by atoms with van der Waals surface area (Å²) in [6.45, 7) is 5.09. The van der Waals surface area contributed by atoms with Crippen LogP contribution in [0.3, 0.4) is 0 Å². The molecule has 24 heavy (non-hydrogen) atoms. The molecule has 7 heteroatoms. The average molecular weight is 331 g/mol. The van der Waals surface area contributed by atoms with Gasteiger partial charge >= 0.3 is 5.97 Å². The lowest BCUT2D eigenvalue weighted by molar-refractivity contribution is -0.146. The van der Waals surface area contributed by atoms with Gasteiger partial charge in [-0.25, -0.2) is 9.48 Å². The number of nitrogens with zero attached hydrogens (tertiary/aromatic N) is 2. The lowest BCUT2D eigenvalue weighted by Gasteiger charge is -2.22. The summed E-state index contributed by atoms with van der Waals surface area (Å²) in [4.78, 5) is 24.0. The van der Waals surface area contributed by atoms with Crippen LogP contribution in [0.5, 0.6) is 5.75 Å². The largest absolute Gasteiger partial charge is 0.494 e. The Bertz CT molecular complexity index is 765. The highest BCUT2D eigenvalue weighted by atomic mass is 16.5. The molecule has 1 aromatic heterocycles. The minimum absolute atomic E-state index is 0.190. The highest BCUT2D eigenvalue weighted by molar-refractivity contribution is 5.96. The van der Waals surface area contributed by atoms with E-state index < -0.39 is 17.4 Å². The fourth-order valence-electron chi connectivity index (χ4n) is 2.21. The van der Waals surface area contributed by atoms with Gasteiger partial charge in [0.25, 0.3) is 5.91 Å². The van der Waals surface area contributed by atoms with Gasteiger partial charge in [-0.2, -0.15) is 5.10 Å². The van der Waals surface area contributed by atoms with E-state index in [0.717, 1.165) is 11.3 Å². The van der Waals surface area contributed by atoms with Gasteiger partial charge in [0.2, 0.25) is 0 Å². The summed E-state index contributed by atoms with van der Waals surface area (Å²) in [7, 11) is 2.85. The van der Waals surface area contributed by atoms with Crippen LogP contribution in [0.2, 0.25) is 0 Å². The third-order valence-electron chi connectivity index (χ3n) is 3.52. The summed E-state index contributed by atoms with van der Waals surface area (Å²) in [6, 6.07) is 7.25. The Balaban J connectivity index is 2.27. The molecule has 0 saturated carbocycles. The van der Waals surface area contributed by atoms with E-state index in [-0.39, 0.29) is 5.69 Å². The van der Waals surface area contributed by atoms with Crippen molar-refractivity contribution in [1.82, 2.24) is 15.1 Å². The monoisotopic (exact) mass is 331 g/mol. The number of esters is 1. The number of aromatic nitrogens is 2. The molecular weight excluding hydrogens is 310 g/mol. The molecule has 2 rings (SSSR count). The van der Waals surface area contributed by atoms with Gasteiger partial charge in [0.05, 0.1) is 14.2 Å². The first-order valence-corrected chi connectivity index (χ1v) is 7.40. The number of methoxy groups -OCH3 is 2. The Morgan fingerprint density at radius 3 is 2.54 bits per heavy atom. The maximum absolute atomic E-state index is 12.3. The van der Waals surface area contributed by atoms with Gasteiger partial charge in [0.1, 0.15) is 17.0 Å². The lowest BCUT2D eigenvalue weighted by atomic mass is 10.1. The second kappa shape index (κ2) is 6.74. The summed E-state index contributed by atoms with van der Waals surface area (Å²) >= 11 is 0. The average Bonchev–Trinajstić information content (AvgIpc) is 3.03. The van der Waals surface area contributed by atoms with Gasteiger partial charge in [0, 0.05) is 6.20 Å². The highest BCUT2D eigenvalue weighted by Gasteiger charge is 2.31. The molecule has 1 aromatic carbocycles. The van der Waals surface area contributed by atoms with E-state index in [1.54, 1.807) is 37.9 Å². The van der Waals surface area contributed by atoms with Crippen molar-refractivity contribution in [3.63, 3.8) is 0 Å². The van der Waals surface area contributed by atoms with Crippen molar-refractivity contribution in [3.05, 3.63) is 41.7 Å². The van der Waals surface area contributed by atoms with Crippen LogP contribution in [0, 0.1) is 6.92 Å². The molecule has 1 heterocycles. The fraction of sp³-hybridized carbons (Fsp3) is 0.353. The summed E-state index contributed by atoms with van der Waals surface area (Å²) in [5.74, 6) is -0.350. The normalized spacial score (nSPS) is 11.0. The van der Waals surface area contributed by atoms with Crippen LogP contribution in [-0.4, -0.2) is 41.4 Å². The number of carbonyl (C=O) groups excluding carboxylic acids is 2. The lowest BCUT2D eigenvalue weighted by Crippen LogP contribution is -2.50. The number of hydrogen-bond acceptors (Lipinski definition) is 5. The van der Waals surface area contributed by atoms with Crippen LogP contribution >= 0.6 is 0 Å². The molecule has 0 aliphatic heterocycles. The van der Waals surface area contributed by atoms with E-state index in [4.69, 9.17) is 4.74 Å². The predicted octanol–water partition coefficient (Wildman–Crippen LogP) is 1.87. The first kappa shape index (κ1) is 17.5. The molecule has 0 aliphatic carbocycles. The minimum atomic E-state index is -1.14. The van der Waals surface area contributed by atoms with E-state index in [0.29, 0.717) is 5.75 Å². The molecule has 1 amide bonds. The second-order valence-electron chi connectivity index (χ2n) is 5.89. The molecule has 0 bridgehead atoms. The molecular formula is C17H21N3O4. The Morgan fingerprint density at radius 2 is 1.92 bits per heavy atom. The van der Waals surface area contributed by atoms with Gasteiger partial charge in [-0.05, 0) is 44.5 Å². The Labute approximate surface area is 140 Å². The number of hydrogen-bond donors (Lipinski definition) is 1. The number of nitrogens with one attached hydrogen (secondary N) is 1. The van der Waals surface area contributed by atoms with Crippen molar-refractivity contribution >= 4 is 11.9 Å². The van der Waals surface area contributed by atoms with E-state index >= 15 is 0 Å². The van der Waals surface area contributed by atoms with Crippen LogP contribution in [-0.2, 0) is 9.53 Å². The minimum Gasteiger partial charge on any atom is -0.494 e. The van der Waals surface area contributed by atoms with Crippen molar-refractivity contribution < 1.29 is 19.1 Å². The van der Waals surface area contributed by atoms with Crippen LogP contribution in [0.25, 0.3) is 5.69 Å². The molecule has 0 fully saturated rings. The molecule has 0 spiro atoms. The van der Waals surface area contributed by atoms with Crippen LogP contribution in [0.1, 0.15) is 29.9 Å². The quantitative estimate of drug-likeness (QED) is 0.846. The zero-order valence-electron chi connectivity index (χ0n) is 14.4. The summed E-state index contributed by atoms with van der Waals surface area (Å²) in [6.07, 6.45) is 1.66. The van der Waals surface area contributed by atoms with Crippen LogP contribution < -0.4 is 10.1 Å². The number of rotatable bonds is 5. The smallest absolute Gasteiger partial charge is 0.330 e. The fourth-order valence-corrected chi connectivity index (χ4v) is 2.21. The maximum atomic E-state index is 12.3. The zero-order chi connectivity index (χ0) is 17.9. The van der Waals surface area contributed by atoms with Crippen molar-refractivity contribution in [2.75, 3.05) is 14.2 Å². The summed E-state index contributed by atoms with van der Waals surface area (Å²) in [5, 5.41) is 6.88. The highest BCUT2D eigenvalue weighted by Crippen LogP contribution is 2.23. The SMILES string of the molecule is COC(=O)C(C)(C)NC(=O)c1ccn(-c2cc(C)ccc2OC)n1. The third-order valence-corrected chi connectivity index (χ3v) is 3.52. The van der Waals surface area contributed by atoms with E-state index in [9.17, 15) is 9.59 Å². The standard InChI is InChI=1S/C17H21N3O4/c1-11-6-7-14(23-4)13(10-11)20-9-8-12(19-20)15(21)18-17(2,3)16(22)24-5/h6-10H,1-5H3,(H,18,21). The van der Waals surface area contributed by atoms with Crippen LogP contribution in [0.15, 0.2) is 30.5 Å². The molecule has 128 valence electrons. The van der Waals surface area contributed by atoms with Gasteiger partial charge in [-0.3, -0.25) is 4.79 Å². The van der Waals surface area contributed by atoms with Gasteiger partial charge in [-0.15, -0.1) is 0 Å². The number of amides is 1. The molecule has 0 aliphatic rings. The van der Waals surface area contributed by atoms with Crippen molar-refractivity contribution in [1.29, 1.82) is 0 Å². The number of aryl methyl sites for hydroxylation is 1. The predicted molar refractivity (Wildman–Crippen MR) is 88.4 cm³/mol. The first-order chi connectivity index (χ1) is 11.3. The maximum Gasteiger partial charge on any atom is 0.330 e. The Hall–Kier alpha value is -2.83. The second-order valence-corrected chi connectivity index (χ2v) is 5.89. The molecule has 7 nitrogen and oxygen atoms in total. The van der Waals surface area contributed by atoms with Gasteiger partial charge < -0.3 is 14.8 Å². The van der Waals surface area contributed by atoms with Crippen molar-refractivity contribution in [2.24, 2.45) is 0 Å².